The number of amides is 1. The van der Waals surface area contributed by atoms with Crippen LogP contribution in [0.25, 0.3) is 0 Å². The molecule has 0 aromatic heterocycles. The molecule has 1 fully saturated rings. The molecule has 1 saturated heterocycles. The van der Waals surface area contributed by atoms with Crippen molar-refractivity contribution in [3.63, 3.8) is 0 Å². The Bertz CT molecular complexity index is 562. The molecule has 1 aliphatic rings. The van der Waals surface area contributed by atoms with Crippen LogP contribution < -0.4 is 4.74 Å². The number of piperidine rings is 1. The SMILES string of the molecule is CC1(C)CCN(C(=O)c2cc(Br)ccc2OC(F)(F)F)CC1. The van der Waals surface area contributed by atoms with E-state index in [0.29, 0.717) is 17.6 Å². The van der Waals surface area contributed by atoms with Crippen molar-refractivity contribution in [2.75, 3.05) is 13.1 Å². The first-order valence-electron chi connectivity index (χ1n) is 6.92. The Morgan fingerprint density at radius 2 is 1.86 bits per heavy atom. The highest BCUT2D eigenvalue weighted by Crippen LogP contribution is 2.33. The molecule has 1 aromatic rings. The normalized spacial score (nSPS) is 18.2. The molecular formula is C15H17BrF3NO2. The molecule has 0 saturated carbocycles. The molecule has 2 rings (SSSR count). The summed E-state index contributed by atoms with van der Waals surface area (Å²) < 4.78 is 41.9. The van der Waals surface area contributed by atoms with E-state index < -0.39 is 18.0 Å². The minimum Gasteiger partial charge on any atom is -0.405 e. The van der Waals surface area contributed by atoms with Gasteiger partial charge in [0.1, 0.15) is 5.75 Å². The molecular weight excluding hydrogens is 363 g/mol. The predicted molar refractivity (Wildman–Crippen MR) is 79.7 cm³/mol. The van der Waals surface area contributed by atoms with Gasteiger partial charge in [-0.1, -0.05) is 29.8 Å². The average molecular weight is 380 g/mol. The molecule has 122 valence electrons. The maximum absolute atomic E-state index is 12.5. The number of alkyl halides is 3. The van der Waals surface area contributed by atoms with Crippen LogP contribution in [0.4, 0.5) is 13.2 Å². The summed E-state index contributed by atoms with van der Waals surface area (Å²) in [4.78, 5) is 14.1. The van der Waals surface area contributed by atoms with E-state index in [-0.39, 0.29) is 11.0 Å². The molecule has 0 N–H and O–H groups in total. The first-order valence-corrected chi connectivity index (χ1v) is 7.71. The van der Waals surface area contributed by atoms with E-state index in [1.54, 1.807) is 4.90 Å². The zero-order valence-corrected chi connectivity index (χ0v) is 13.9. The molecule has 0 atom stereocenters. The van der Waals surface area contributed by atoms with Gasteiger partial charge in [0.15, 0.2) is 0 Å². The number of ether oxygens (including phenoxy) is 1. The molecule has 3 nitrogen and oxygen atoms in total. The van der Waals surface area contributed by atoms with Crippen LogP contribution in [0.1, 0.15) is 37.0 Å². The third kappa shape index (κ3) is 4.38. The minimum atomic E-state index is -4.83. The van der Waals surface area contributed by atoms with Gasteiger partial charge in [-0.3, -0.25) is 4.79 Å². The summed E-state index contributed by atoms with van der Waals surface area (Å²) >= 11 is 3.18. The standard InChI is InChI=1S/C15H17BrF3NO2/c1-14(2)5-7-20(8-6-14)13(21)11-9-10(16)3-4-12(11)22-15(17,18)19/h3-4,9H,5-8H2,1-2H3. The summed E-state index contributed by atoms with van der Waals surface area (Å²) in [6, 6.07) is 3.93. The molecule has 1 aromatic carbocycles. The summed E-state index contributed by atoms with van der Waals surface area (Å²) in [5, 5.41) is 0. The smallest absolute Gasteiger partial charge is 0.405 e. The van der Waals surface area contributed by atoms with E-state index in [0.717, 1.165) is 18.9 Å². The Hall–Kier alpha value is -1.24. The van der Waals surface area contributed by atoms with E-state index >= 15 is 0 Å². The van der Waals surface area contributed by atoms with E-state index in [2.05, 4.69) is 34.5 Å². The topological polar surface area (TPSA) is 29.5 Å². The molecule has 22 heavy (non-hydrogen) atoms. The van der Waals surface area contributed by atoms with Crippen LogP contribution in [0.5, 0.6) is 5.75 Å². The van der Waals surface area contributed by atoms with E-state index in [4.69, 9.17) is 0 Å². The van der Waals surface area contributed by atoms with Crippen LogP contribution in [0, 0.1) is 5.41 Å². The van der Waals surface area contributed by atoms with Gasteiger partial charge >= 0.3 is 6.36 Å². The number of benzene rings is 1. The molecule has 0 aliphatic carbocycles. The fourth-order valence-electron chi connectivity index (χ4n) is 2.37. The van der Waals surface area contributed by atoms with Gasteiger partial charge in [0.2, 0.25) is 0 Å². The number of carbonyl (C=O) groups excluding carboxylic acids is 1. The van der Waals surface area contributed by atoms with Gasteiger partial charge < -0.3 is 9.64 Å². The number of carbonyl (C=O) groups is 1. The van der Waals surface area contributed by atoms with Crippen molar-refractivity contribution in [1.29, 1.82) is 0 Å². The van der Waals surface area contributed by atoms with Crippen LogP contribution in [0.2, 0.25) is 0 Å². The first kappa shape index (κ1) is 17.1. The van der Waals surface area contributed by atoms with Crippen molar-refractivity contribution in [2.45, 2.75) is 33.1 Å². The fourth-order valence-corrected chi connectivity index (χ4v) is 2.73. The number of likely N-dealkylation sites (tertiary alicyclic amines) is 1. The van der Waals surface area contributed by atoms with Gasteiger partial charge in [-0.15, -0.1) is 13.2 Å². The Labute approximate surface area is 135 Å². The van der Waals surface area contributed by atoms with Crippen molar-refractivity contribution < 1.29 is 22.7 Å². The fraction of sp³-hybridized carbons (Fsp3) is 0.533. The highest BCUT2D eigenvalue weighted by Gasteiger charge is 2.34. The summed E-state index contributed by atoms with van der Waals surface area (Å²) in [7, 11) is 0. The highest BCUT2D eigenvalue weighted by molar-refractivity contribution is 9.10. The lowest BCUT2D eigenvalue weighted by atomic mass is 9.82. The second-order valence-electron chi connectivity index (χ2n) is 6.14. The van der Waals surface area contributed by atoms with Crippen molar-refractivity contribution in [3.05, 3.63) is 28.2 Å². The van der Waals surface area contributed by atoms with Crippen molar-refractivity contribution in [3.8, 4) is 5.75 Å². The zero-order chi connectivity index (χ0) is 16.5. The molecule has 1 heterocycles. The predicted octanol–water partition coefficient (Wildman–Crippen LogP) is 4.61. The number of nitrogens with zero attached hydrogens (tertiary/aromatic N) is 1. The largest absolute Gasteiger partial charge is 0.573 e. The first-order chi connectivity index (χ1) is 10.1. The van der Waals surface area contributed by atoms with Gasteiger partial charge in [-0.2, -0.15) is 0 Å². The van der Waals surface area contributed by atoms with Crippen LogP contribution in [0.15, 0.2) is 22.7 Å². The molecule has 1 aliphatic heterocycles. The molecule has 0 spiro atoms. The number of halogens is 4. The van der Waals surface area contributed by atoms with E-state index in [9.17, 15) is 18.0 Å². The Balaban J connectivity index is 2.23. The Morgan fingerprint density at radius 3 is 2.41 bits per heavy atom. The lowest BCUT2D eigenvalue weighted by Gasteiger charge is -2.37. The second kappa shape index (κ2) is 6.10. The number of rotatable bonds is 2. The molecule has 0 unspecified atom stereocenters. The van der Waals surface area contributed by atoms with Crippen molar-refractivity contribution in [1.82, 2.24) is 4.90 Å². The van der Waals surface area contributed by atoms with E-state index in [1.165, 1.54) is 12.1 Å². The quantitative estimate of drug-likeness (QED) is 0.750. The van der Waals surface area contributed by atoms with Gasteiger partial charge in [0.05, 0.1) is 5.56 Å². The van der Waals surface area contributed by atoms with Gasteiger partial charge in [0.25, 0.3) is 5.91 Å². The minimum absolute atomic E-state index is 0.0774. The summed E-state index contributed by atoms with van der Waals surface area (Å²) in [5.41, 5.74) is 0.0747. The second-order valence-corrected chi connectivity index (χ2v) is 7.06. The van der Waals surface area contributed by atoms with E-state index in [1.807, 2.05) is 0 Å². The lowest BCUT2D eigenvalue weighted by molar-refractivity contribution is -0.274. The third-order valence-electron chi connectivity index (χ3n) is 3.80. The lowest BCUT2D eigenvalue weighted by Crippen LogP contribution is -2.41. The molecule has 7 heteroatoms. The van der Waals surface area contributed by atoms with Crippen LogP contribution in [0.3, 0.4) is 0 Å². The maximum Gasteiger partial charge on any atom is 0.573 e. The van der Waals surface area contributed by atoms with Crippen LogP contribution >= 0.6 is 15.9 Å². The number of hydrogen-bond donors (Lipinski definition) is 0. The van der Waals surface area contributed by atoms with Crippen molar-refractivity contribution >= 4 is 21.8 Å². The third-order valence-corrected chi connectivity index (χ3v) is 4.30. The Morgan fingerprint density at radius 1 is 1.27 bits per heavy atom. The monoisotopic (exact) mass is 379 g/mol. The summed E-state index contributed by atoms with van der Waals surface area (Å²) in [5.74, 6) is -0.901. The van der Waals surface area contributed by atoms with Gasteiger partial charge in [-0.05, 0) is 36.5 Å². The van der Waals surface area contributed by atoms with Crippen LogP contribution in [-0.4, -0.2) is 30.3 Å². The van der Waals surface area contributed by atoms with Gasteiger partial charge in [-0.25, -0.2) is 0 Å². The Kier molecular flexibility index (Phi) is 4.75. The van der Waals surface area contributed by atoms with Gasteiger partial charge in [0, 0.05) is 17.6 Å². The summed E-state index contributed by atoms with van der Waals surface area (Å²) in [6.45, 7) is 5.30. The average Bonchev–Trinajstić information content (AvgIpc) is 2.38. The maximum atomic E-state index is 12.5. The highest BCUT2D eigenvalue weighted by atomic mass is 79.9. The van der Waals surface area contributed by atoms with Crippen molar-refractivity contribution in [2.24, 2.45) is 5.41 Å². The molecule has 0 radical (unpaired) electrons. The zero-order valence-electron chi connectivity index (χ0n) is 12.3. The summed E-state index contributed by atoms with van der Waals surface area (Å²) in [6.07, 6.45) is -3.18. The van der Waals surface area contributed by atoms with Crippen LogP contribution in [-0.2, 0) is 0 Å². The molecule has 1 amide bonds. The molecule has 0 bridgehead atoms. The number of hydrogen-bond acceptors (Lipinski definition) is 2.